The van der Waals surface area contributed by atoms with Gasteiger partial charge in [-0.3, -0.25) is 0 Å². The third kappa shape index (κ3) is 17.6. The molecule has 0 aromatic carbocycles. The van der Waals surface area contributed by atoms with Crippen LogP contribution in [0.4, 0.5) is 0 Å². The van der Waals surface area contributed by atoms with Gasteiger partial charge in [0.2, 0.25) is 0 Å². The third-order valence-corrected chi connectivity index (χ3v) is 0.998. The predicted molar refractivity (Wildman–Crippen MR) is 34.8 cm³/mol. The first-order valence-corrected chi connectivity index (χ1v) is 3.00. The minimum absolute atomic E-state index is 0. The summed E-state index contributed by atoms with van der Waals surface area (Å²) in [6, 6.07) is 0. The molecule has 52 valence electrons. The summed E-state index contributed by atoms with van der Waals surface area (Å²) >= 11 is 0. The van der Waals surface area contributed by atoms with Crippen molar-refractivity contribution in [1.82, 2.24) is 0 Å². The van der Waals surface area contributed by atoms with Gasteiger partial charge >= 0.3 is 23.1 Å². The van der Waals surface area contributed by atoms with Crippen LogP contribution in [0.3, 0.4) is 0 Å². The van der Waals surface area contributed by atoms with Crippen LogP contribution in [0.5, 0.6) is 0 Å². The third-order valence-electron chi connectivity index (χ3n) is 0.998. The molecule has 0 bridgehead atoms. The summed E-state index contributed by atoms with van der Waals surface area (Å²) in [4.78, 5) is 0. The molecule has 0 saturated heterocycles. The fourth-order valence-electron chi connectivity index (χ4n) is 0.529. The van der Waals surface area contributed by atoms with Gasteiger partial charge in [-0.2, -0.15) is 0 Å². The van der Waals surface area contributed by atoms with E-state index in [1.165, 1.54) is 12.8 Å². The van der Waals surface area contributed by atoms with Crippen LogP contribution in [0.25, 0.3) is 0 Å². The fraction of sp³-hybridized carbons (Fsp3) is 1.00. The van der Waals surface area contributed by atoms with Gasteiger partial charge in [0.15, 0.2) is 0 Å². The van der Waals surface area contributed by atoms with Crippen LogP contribution in [-0.4, -0.2) is 29.7 Å². The van der Waals surface area contributed by atoms with Gasteiger partial charge in [-0.1, -0.05) is 32.6 Å². The molecule has 0 rings (SSSR count). The molecule has 0 saturated carbocycles. The number of hydrogen-bond acceptors (Lipinski definition) is 1. The zero-order valence-corrected chi connectivity index (χ0v) is 8.20. The zero-order valence-electron chi connectivity index (χ0n) is 6.03. The molecule has 0 fully saturated rings. The normalized spacial score (nSPS) is 7.33. The SMILES string of the molecule is CCCCCC[O-].[Cl-].[Mg+2]. The average molecular weight is 161 g/mol. The smallest absolute Gasteiger partial charge is 1.00 e. The maximum atomic E-state index is 9.80. The Morgan fingerprint density at radius 3 is 2.00 bits per heavy atom. The molecule has 0 aliphatic carbocycles. The van der Waals surface area contributed by atoms with Crippen LogP contribution < -0.4 is 17.5 Å². The monoisotopic (exact) mass is 160 g/mol. The molecule has 0 aromatic heterocycles. The number of hydrogen-bond donors (Lipinski definition) is 0. The van der Waals surface area contributed by atoms with Crippen molar-refractivity contribution >= 4 is 23.1 Å². The summed E-state index contributed by atoms with van der Waals surface area (Å²) in [6.45, 7) is 2.25. The van der Waals surface area contributed by atoms with Gasteiger partial charge in [0.25, 0.3) is 0 Å². The molecule has 0 spiro atoms. The molecule has 0 heterocycles. The van der Waals surface area contributed by atoms with Crippen LogP contribution in [0, 0.1) is 0 Å². The van der Waals surface area contributed by atoms with Crippen molar-refractivity contribution in [3.63, 3.8) is 0 Å². The number of unbranched alkanes of at least 4 members (excludes halogenated alkanes) is 3. The second kappa shape index (κ2) is 16.0. The molecular weight excluding hydrogens is 148 g/mol. The molecule has 0 unspecified atom stereocenters. The van der Waals surface area contributed by atoms with Gasteiger partial charge in [0.05, 0.1) is 0 Å². The second-order valence-electron chi connectivity index (χ2n) is 1.76. The largest absolute Gasteiger partial charge is 2.00 e. The van der Waals surface area contributed by atoms with Crippen LogP contribution >= 0.6 is 0 Å². The van der Waals surface area contributed by atoms with E-state index in [1.54, 1.807) is 0 Å². The van der Waals surface area contributed by atoms with E-state index in [0.29, 0.717) is 0 Å². The van der Waals surface area contributed by atoms with Crippen LogP contribution in [0.1, 0.15) is 32.6 Å². The van der Waals surface area contributed by atoms with E-state index in [0.717, 1.165) is 12.8 Å². The molecule has 1 nitrogen and oxygen atoms in total. The van der Waals surface area contributed by atoms with Gasteiger partial charge in [0.1, 0.15) is 0 Å². The van der Waals surface area contributed by atoms with E-state index in [4.69, 9.17) is 0 Å². The molecular formula is C6H13ClMgO. The average Bonchev–Trinajstić information content (AvgIpc) is 1.69. The van der Waals surface area contributed by atoms with Crippen molar-refractivity contribution in [3.8, 4) is 0 Å². The van der Waals surface area contributed by atoms with Gasteiger partial charge in [0, 0.05) is 0 Å². The molecule has 0 aliphatic rings. The first-order chi connectivity index (χ1) is 3.41. The maximum Gasteiger partial charge on any atom is 2.00 e. The van der Waals surface area contributed by atoms with Gasteiger partial charge in [-0.25, -0.2) is 0 Å². The van der Waals surface area contributed by atoms with Crippen molar-refractivity contribution in [2.24, 2.45) is 0 Å². The molecule has 0 amide bonds. The van der Waals surface area contributed by atoms with E-state index in [9.17, 15) is 5.11 Å². The maximum absolute atomic E-state index is 9.80. The van der Waals surface area contributed by atoms with Crippen molar-refractivity contribution < 1.29 is 17.5 Å². The Kier molecular flexibility index (Phi) is 29.4. The molecule has 9 heavy (non-hydrogen) atoms. The van der Waals surface area contributed by atoms with Crippen LogP contribution in [0.15, 0.2) is 0 Å². The van der Waals surface area contributed by atoms with E-state index in [1.807, 2.05) is 0 Å². The molecule has 0 atom stereocenters. The second-order valence-corrected chi connectivity index (χ2v) is 1.76. The molecule has 0 aromatic rings. The topological polar surface area (TPSA) is 23.1 Å². The Hall–Kier alpha value is 1.02. The summed E-state index contributed by atoms with van der Waals surface area (Å²) in [5.41, 5.74) is 0. The predicted octanol–water partition coefficient (Wildman–Crippen LogP) is -2.45. The summed E-state index contributed by atoms with van der Waals surface area (Å²) in [5, 5.41) is 9.80. The Bertz CT molecular complexity index is 32.2. The molecule has 0 aliphatic heterocycles. The Morgan fingerprint density at radius 1 is 1.11 bits per heavy atom. The van der Waals surface area contributed by atoms with Gasteiger partial charge < -0.3 is 17.5 Å². The van der Waals surface area contributed by atoms with Crippen LogP contribution in [-0.2, 0) is 0 Å². The fourth-order valence-corrected chi connectivity index (χ4v) is 0.529. The Morgan fingerprint density at radius 2 is 1.67 bits per heavy atom. The van der Waals surface area contributed by atoms with Crippen molar-refractivity contribution in [3.05, 3.63) is 0 Å². The quantitative estimate of drug-likeness (QED) is 0.331. The molecule has 0 N–H and O–H groups in total. The van der Waals surface area contributed by atoms with E-state index >= 15 is 0 Å². The van der Waals surface area contributed by atoms with Gasteiger partial charge in [-0.15, -0.1) is 6.61 Å². The summed E-state index contributed by atoms with van der Waals surface area (Å²) in [7, 11) is 0. The van der Waals surface area contributed by atoms with Crippen molar-refractivity contribution in [2.75, 3.05) is 6.61 Å². The summed E-state index contributed by atoms with van der Waals surface area (Å²) in [5.74, 6) is 0. The van der Waals surface area contributed by atoms with Crippen molar-refractivity contribution in [2.45, 2.75) is 32.6 Å². The summed E-state index contributed by atoms with van der Waals surface area (Å²) < 4.78 is 0. The zero-order chi connectivity index (χ0) is 5.54. The minimum atomic E-state index is 0. The van der Waals surface area contributed by atoms with E-state index in [2.05, 4.69) is 6.92 Å². The molecule has 3 heteroatoms. The molecule has 0 radical (unpaired) electrons. The Balaban J connectivity index is -0.000000180. The minimum Gasteiger partial charge on any atom is -1.00 e. The van der Waals surface area contributed by atoms with Crippen LogP contribution in [0.2, 0.25) is 0 Å². The van der Waals surface area contributed by atoms with Crippen molar-refractivity contribution in [1.29, 1.82) is 0 Å². The Labute approximate surface area is 79.8 Å². The first kappa shape index (κ1) is 16.5. The standard InChI is InChI=1S/C6H13O.ClH.Mg/c1-2-3-4-5-6-7;;/h2-6H2,1H3;1H;/q-1;;+2/p-1. The number of halogens is 1. The number of rotatable bonds is 4. The summed E-state index contributed by atoms with van der Waals surface area (Å²) in [6.07, 6.45) is 4.44. The first-order valence-electron chi connectivity index (χ1n) is 3.00. The van der Waals surface area contributed by atoms with E-state index < -0.39 is 0 Å². The van der Waals surface area contributed by atoms with Gasteiger partial charge in [-0.05, 0) is 0 Å². The van der Waals surface area contributed by atoms with E-state index in [-0.39, 0.29) is 42.1 Å².